The number of halogens is 5. The predicted molar refractivity (Wildman–Crippen MR) is 123 cm³/mol. The van der Waals surface area contributed by atoms with Gasteiger partial charge in [0.15, 0.2) is 0 Å². The smallest absolute Gasteiger partial charge is 0.324 e. The van der Waals surface area contributed by atoms with Gasteiger partial charge in [0, 0.05) is 6.04 Å². The van der Waals surface area contributed by atoms with E-state index in [0.717, 1.165) is 35.6 Å². The maximum Gasteiger partial charge on any atom is 0.399 e. The summed E-state index contributed by atoms with van der Waals surface area (Å²) in [4.78, 5) is 0. The molecule has 0 aliphatic heterocycles. The summed E-state index contributed by atoms with van der Waals surface area (Å²) in [7, 11) is 0. The van der Waals surface area contributed by atoms with Gasteiger partial charge >= 0.3 is 6.18 Å². The van der Waals surface area contributed by atoms with Crippen molar-refractivity contribution in [1.29, 1.82) is 0 Å². The summed E-state index contributed by atoms with van der Waals surface area (Å²) in [6.45, 7) is 9.64. The van der Waals surface area contributed by atoms with Crippen molar-refractivity contribution >= 4 is 29.3 Å². The van der Waals surface area contributed by atoms with Crippen LogP contribution in [-0.2, 0) is 6.42 Å². The third-order valence-electron chi connectivity index (χ3n) is 4.72. The Balaban J connectivity index is 0.00000106. The predicted octanol–water partition coefficient (Wildman–Crippen LogP) is 8.66. The van der Waals surface area contributed by atoms with Crippen LogP contribution in [0.5, 0.6) is 0 Å². The summed E-state index contributed by atoms with van der Waals surface area (Å²) in [6, 6.07) is 8.34. The van der Waals surface area contributed by atoms with Crippen LogP contribution >= 0.6 is 23.2 Å². The molecule has 2 aromatic carbocycles. The first-order valence-electron chi connectivity index (χ1n) is 10.3. The van der Waals surface area contributed by atoms with Crippen molar-refractivity contribution in [3.05, 3.63) is 74.3 Å². The number of hydrogen-bond donors (Lipinski definition) is 1. The van der Waals surface area contributed by atoms with Gasteiger partial charge in [0.05, 0.1) is 16.0 Å². The van der Waals surface area contributed by atoms with Gasteiger partial charge in [0.25, 0.3) is 0 Å². The fourth-order valence-electron chi connectivity index (χ4n) is 3.32. The quantitative estimate of drug-likeness (QED) is 0.487. The molecule has 0 bridgehead atoms. The lowest BCUT2D eigenvalue weighted by Gasteiger charge is -2.19. The molecule has 1 aliphatic carbocycles. The van der Waals surface area contributed by atoms with Gasteiger partial charge in [-0.15, -0.1) is 0 Å². The van der Waals surface area contributed by atoms with Crippen LogP contribution in [0.1, 0.15) is 73.9 Å². The van der Waals surface area contributed by atoms with E-state index in [1.165, 1.54) is 18.2 Å². The van der Waals surface area contributed by atoms with E-state index in [9.17, 15) is 13.2 Å². The summed E-state index contributed by atoms with van der Waals surface area (Å²) >= 11 is 11.9. The molecule has 1 nitrogen and oxygen atoms in total. The molecule has 3 rings (SSSR count). The molecule has 2 atom stereocenters. The number of alkyl halides is 3. The molecular formula is C24H30Cl2F3N. The average molecular weight is 460 g/mol. The number of aryl methyl sites for hydroxylation is 2. The van der Waals surface area contributed by atoms with Crippen molar-refractivity contribution in [3.63, 3.8) is 0 Å². The number of fused-ring (bicyclic) bond motifs is 1. The number of hydrogen-bond acceptors (Lipinski definition) is 1. The first kappa shape index (κ1) is 26.5. The van der Waals surface area contributed by atoms with E-state index in [4.69, 9.17) is 28.9 Å². The van der Waals surface area contributed by atoms with Gasteiger partial charge in [0.1, 0.15) is 0 Å². The molecule has 2 unspecified atom stereocenters. The van der Waals surface area contributed by atoms with E-state index < -0.39 is 12.1 Å². The Bertz CT molecular complexity index is 837. The van der Waals surface area contributed by atoms with Crippen LogP contribution in [0.3, 0.4) is 0 Å². The van der Waals surface area contributed by atoms with E-state index in [2.05, 4.69) is 0 Å². The maximum absolute atomic E-state index is 13.6. The first-order chi connectivity index (χ1) is 14.2. The van der Waals surface area contributed by atoms with E-state index in [0.29, 0.717) is 5.56 Å². The zero-order valence-corrected chi connectivity index (χ0v) is 19.6. The monoisotopic (exact) mass is 459 g/mol. The highest BCUT2D eigenvalue weighted by Gasteiger charge is 2.39. The molecule has 2 N–H and O–H groups in total. The second-order valence-corrected chi connectivity index (χ2v) is 7.40. The van der Waals surface area contributed by atoms with Crippen molar-refractivity contribution in [2.45, 2.75) is 65.6 Å². The summed E-state index contributed by atoms with van der Waals surface area (Å²) in [6.07, 6.45) is -0.0436. The summed E-state index contributed by atoms with van der Waals surface area (Å²) in [5.74, 6) is -1.76. The molecule has 0 amide bonds. The Hall–Kier alpha value is -1.49. The van der Waals surface area contributed by atoms with Crippen molar-refractivity contribution < 1.29 is 13.2 Å². The zero-order valence-electron chi connectivity index (χ0n) is 18.1. The van der Waals surface area contributed by atoms with Gasteiger partial charge in [-0.25, -0.2) is 0 Å². The average Bonchev–Trinajstić information content (AvgIpc) is 3.08. The van der Waals surface area contributed by atoms with E-state index >= 15 is 0 Å². The second-order valence-electron chi connectivity index (χ2n) is 6.62. The summed E-state index contributed by atoms with van der Waals surface area (Å²) < 4.78 is 40.8. The molecule has 0 heterocycles. The zero-order chi connectivity index (χ0) is 23.1. The van der Waals surface area contributed by atoms with Gasteiger partial charge in [-0.3, -0.25) is 0 Å². The Morgan fingerprint density at radius 3 is 2.27 bits per heavy atom. The Labute approximate surface area is 188 Å². The van der Waals surface area contributed by atoms with Crippen LogP contribution in [0.4, 0.5) is 13.2 Å². The second kappa shape index (κ2) is 11.8. The van der Waals surface area contributed by atoms with E-state index in [1.807, 2.05) is 39.8 Å². The van der Waals surface area contributed by atoms with Gasteiger partial charge in [-0.05, 0) is 53.6 Å². The maximum atomic E-state index is 13.6. The minimum absolute atomic E-state index is 0.0186. The van der Waals surface area contributed by atoms with Crippen LogP contribution in [0.2, 0.25) is 10.0 Å². The van der Waals surface area contributed by atoms with Crippen LogP contribution in [0.15, 0.2) is 36.4 Å². The normalized spacial score (nSPS) is 16.3. The lowest BCUT2D eigenvalue weighted by Crippen LogP contribution is -2.19. The Morgan fingerprint density at radius 1 is 1.07 bits per heavy atom. The van der Waals surface area contributed by atoms with Crippen LogP contribution in [-0.4, -0.2) is 6.18 Å². The SMILES string of the molecule is CC.CC.Cc1cc(C(/C=C/c2ccc3c(c2)CCC3N)C(F)(F)F)cc(Cl)c1Cl. The number of nitrogens with two attached hydrogens (primary N) is 1. The molecule has 0 aromatic heterocycles. The number of allylic oxidation sites excluding steroid dienone is 1. The van der Waals surface area contributed by atoms with Gasteiger partial charge < -0.3 is 5.73 Å². The van der Waals surface area contributed by atoms with E-state index in [-0.39, 0.29) is 21.7 Å². The number of rotatable bonds is 3. The third-order valence-corrected chi connectivity index (χ3v) is 5.61. The van der Waals surface area contributed by atoms with Crippen molar-refractivity contribution in [2.75, 3.05) is 0 Å². The molecule has 0 saturated carbocycles. The molecule has 0 radical (unpaired) electrons. The highest BCUT2D eigenvalue weighted by Crippen LogP contribution is 2.40. The minimum atomic E-state index is -4.43. The lowest BCUT2D eigenvalue weighted by atomic mass is 9.95. The molecule has 30 heavy (non-hydrogen) atoms. The van der Waals surface area contributed by atoms with Gasteiger partial charge in [0.2, 0.25) is 0 Å². The first-order valence-corrected chi connectivity index (χ1v) is 11.0. The van der Waals surface area contributed by atoms with Crippen molar-refractivity contribution in [2.24, 2.45) is 5.73 Å². The highest BCUT2D eigenvalue weighted by atomic mass is 35.5. The van der Waals surface area contributed by atoms with E-state index in [1.54, 1.807) is 13.0 Å². The third kappa shape index (κ3) is 6.50. The fourth-order valence-corrected chi connectivity index (χ4v) is 3.71. The summed E-state index contributed by atoms with van der Waals surface area (Å²) in [5, 5.41) is 0.395. The molecule has 2 aromatic rings. The molecular weight excluding hydrogens is 430 g/mol. The highest BCUT2D eigenvalue weighted by molar-refractivity contribution is 6.42. The van der Waals surface area contributed by atoms with Crippen LogP contribution in [0, 0.1) is 6.92 Å². The molecule has 166 valence electrons. The van der Waals surface area contributed by atoms with Crippen molar-refractivity contribution in [3.8, 4) is 0 Å². The molecule has 1 aliphatic rings. The lowest BCUT2D eigenvalue weighted by molar-refractivity contribution is -0.139. The van der Waals surface area contributed by atoms with Crippen molar-refractivity contribution in [1.82, 2.24) is 0 Å². The molecule has 0 saturated heterocycles. The van der Waals surface area contributed by atoms with Gasteiger partial charge in [-0.2, -0.15) is 13.2 Å². The number of benzene rings is 2. The summed E-state index contributed by atoms with van der Waals surface area (Å²) in [5.41, 5.74) is 9.50. The minimum Gasteiger partial charge on any atom is -0.324 e. The fraction of sp³-hybridized carbons (Fsp3) is 0.417. The molecule has 0 spiro atoms. The van der Waals surface area contributed by atoms with Crippen LogP contribution < -0.4 is 5.73 Å². The Morgan fingerprint density at radius 2 is 1.70 bits per heavy atom. The Kier molecular flexibility index (Phi) is 10.4. The molecule has 6 heteroatoms. The topological polar surface area (TPSA) is 26.0 Å². The largest absolute Gasteiger partial charge is 0.399 e. The standard InChI is InChI=1S/C20H18Cl2F3N.2C2H6/c1-11-8-14(10-17(21)19(11)22)16(20(23,24)25)6-3-12-2-5-15-13(9-12)4-7-18(15)26;2*1-2/h2-3,5-6,8-10,16,18H,4,7,26H2,1H3;2*1-2H3/b6-3+;;. The van der Waals surface area contributed by atoms with Gasteiger partial charge in [-0.1, -0.05) is 87.3 Å². The molecule has 0 fully saturated rings. The van der Waals surface area contributed by atoms with Crippen LogP contribution in [0.25, 0.3) is 6.08 Å².